The summed E-state index contributed by atoms with van der Waals surface area (Å²) in [6, 6.07) is 19.6. The molecule has 3 aromatic carbocycles. The molecule has 0 aliphatic rings. The zero-order valence-electron chi connectivity index (χ0n) is 18.1. The molecule has 0 saturated heterocycles. The van der Waals surface area contributed by atoms with Gasteiger partial charge < -0.3 is 14.6 Å². The van der Waals surface area contributed by atoms with Crippen molar-refractivity contribution in [3.8, 4) is 5.75 Å². The van der Waals surface area contributed by atoms with Crippen molar-refractivity contribution in [3.63, 3.8) is 0 Å². The molecule has 7 nitrogen and oxygen atoms in total. The van der Waals surface area contributed by atoms with Crippen molar-refractivity contribution in [2.45, 2.75) is 31.4 Å². The van der Waals surface area contributed by atoms with Gasteiger partial charge in [-0.2, -0.15) is 0 Å². The van der Waals surface area contributed by atoms with E-state index >= 15 is 0 Å². The van der Waals surface area contributed by atoms with E-state index in [0.29, 0.717) is 11.4 Å². The van der Waals surface area contributed by atoms with Gasteiger partial charge >= 0.3 is 0 Å². The molecule has 32 heavy (non-hydrogen) atoms. The van der Waals surface area contributed by atoms with Crippen LogP contribution in [0.1, 0.15) is 13.8 Å². The number of amides is 1. The highest BCUT2D eigenvalue weighted by Crippen LogP contribution is 2.31. The summed E-state index contributed by atoms with van der Waals surface area (Å²) in [6.45, 7) is 4.53. The molecule has 0 radical (unpaired) electrons. The molecule has 1 amide bonds. The number of fused-ring (bicyclic) bond motifs is 3. The van der Waals surface area contributed by atoms with Crippen LogP contribution in [-0.4, -0.2) is 32.0 Å². The van der Waals surface area contributed by atoms with Gasteiger partial charge in [0.2, 0.25) is 0 Å². The Labute approximate surface area is 187 Å². The van der Waals surface area contributed by atoms with Crippen molar-refractivity contribution in [2.75, 3.05) is 11.8 Å². The van der Waals surface area contributed by atoms with Crippen LogP contribution < -0.4 is 14.8 Å². The number of ether oxygens (including phenoxy) is 1. The van der Waals surface area contributed by atoms with Crippen LogP contribution in [0.3, 0.4) is 0 Å². The first-order chi connectivity index (χ1) is 15.3. The van der Waals surface area contributed by atoms with Gasteiger partial charge in [-0.05, 0) is 62.4 Å². The molecule has 166 valence electrons. The van der Waals surface area contributed by atoms with E-state index in [-0.39, 0.29) is 10.8 Å². The van der Waals surface area contributed by atoms with Gasteiger partial charge in [0, 0.05) is 41.1 Å². The minimum absolute atomic E-state index is 0.105. The van der Waals surface area contributed by atoms with Crippen LogP contribution in [0.4, 0.5) is 5.69 Å². The number of carbonyl (C=O) groups is 1. The lowest BCUT2D eigenvalue weighted by Crippen LogP contribution is -2.33. The van der Waals surface area contributed by atoms with Crippen molar-refractivity contribution >= 4 is 43.4 Å². The number of nitrogens with zero attached hydrogens (tertiary/aromatic N) is 1. The Morgan fingerprint density at radius 3 is 2.38 bits per heavy atom. The number of carbonyl (C=O) groups excluding carboxylic acids is 1. The molecule has 2 N–H and O–H groups in total. The third kappa shape index (κ3) is 4.01. The fraction of sp³-hybridized carbons (Fsp3) is 0.208. The molecular formula is C24H25N3O4S. The van der Waals surface area contributed by atoms with E-state index in [4.69, 9.17) is 4.74 Å². The molecule has 8 heteroatoms. The summed E-state index contributed by atoms with van der Waals surface area (Å²) in [5, 5.41) is 4.58. The summed E-state index contributed by atoms with van der Waals surface area (Å²) in [7, 11) is -2.26. The van der Waals surface area contributed by atoms with E-state index < -0.39 is 16.1 Å². The standard InChI is InChI=1S/C24H25N3O4S/c1-4-27-22-8-6-5-7-20(22)21-15-17(9-14-23(21)27)26-32(29,30)19-12-10-18(11-13-19)31-16(2)24(28)25-3/h5-16,26H,4H2,1-3H3,(H,25,28)/t16-/m0/s1. The van der Waals surface area contributed by atoms with E-state index in [9.17, 15) is 13.2 Å². The zero-order valence-corrected chi connectivity index (χ0v) is 18.9. The summed E-state index contributed by atoms with van der Waals surface area (Å²) in [5.41, 5.74) is 2.67. The predicted molar refractivity (Wildman–Crippen MR) is 127 cm³/mol. The first-order valence-corrected chi connectivity index (χ1v) is 11.8. The normalized spacial score (nSPS) is 12.6. The Bertz CT molecular complexity index is 1390. The number of hydrogen-bond donors (Lipinski definition) is 2. The van der Waals surface area contributed by atoms with Crippen LogP contribution in [0.5, 0.6) is 5.75 Å². The lowest BCUT2D eigenvalue weighted by atomic mass is 10.1. The van der Waals surface area contributed by atoms with Gasteiger partial charge in [0.05, 0.1) is 4.90 Å². The van der Waals surface area contributed by atoms with Crippen LogP contribution in [0.2, 0.25) is 0 Å². The lowest BCUT2D eigenvalue weighted by molar-refractivity contribution is -0.126. The van der Waals surface area contributed by atoms with Crippen LogP contribution >= 0.6 is 0 Å². The lowest BCUT2D eigenvalue weighted by Gasteiger charge is -2.14. The largest absolute Gasteiger partial charge is 0.481 e. The summed E-state index contributed by atoms with van der Waals surface area (Å²) in [6.07, 6.45) is -0.683. The molecule has 0 fully saturated rings. The fourth-order valence-corrected chi connectivity index (χ4v) is 4.88. The van der Waals surface area contributed by atoms with Gasteiger partial charge in [0.25, 0.3) is 15.9 Å². The molecule has 1 aromatic heterocycles. The molecule has 0 spiro atoms. The molecule has 1 atom stereocenters. The maximum atomic E-state index is 12.9. The second-order valence-electron chi connectivity index (χ2n) is 7.44. The minimum atomic E-state index is -3.79. The number of anilines is 1. The number of hydrogen-bond acceptors (Lipinski definition) is 4. The topological polar surface area (TPSA) is 89.4 Å². The van der Waals surface area contributed by atoms with E-state index in [0.717, 1.165) is 28.4 Å². The molecule has 4 rings (SSSR count). The number of aromatic nitrogens is 1. The van der Waals surface area contributed by atoms with Crippen LogP contribution in [0.25, 0.3) is 21.8 Å². The highest BCUT2D eigenvalue weighted by atomic mass is 32.2. The summed E-state index contributed by atoms with van der Waals surface area (Å²) in [4.78, 5) is 11.7. The number of para-hydroxylation sites is 1. The number of aryl methyl sites for hydroxylation is 1. The molecule has 1 heterocycles. The monoisotopic (exact) mass is 451 g/mol. The van der Waals surface area contributed by atoms with Gasteiger partial charge in [-0.25, -0.2) is 8.42 Å². The van der Waals surface area contributed by atoms with Gasteiger partial charge in [0.15, 0.2) is 6.10 Å². The first-order valence-electron chi connectivity index (χ1n) is 10.4. The fourth-order valence-electron chi connectivity index (χ4n) is 3.83. The van der Waals surface area contributed by atoms with Crippen molar-refractivity contribution in [2.24, 2.45) is 0 Å². The molecule has 0 aliphatic carbocycles. The molecule has 4 aromatic rings. The quantitative estimate of drug-likeness (QED) is 0.442. The van der Waals surface area contributed by atoms with Crippen molar-refractivity contribution in [1.29, 1.82) is 0 Å². The average molecular weight is 452 g/mol. The third-order valence-electron chi connectivity index (χ3n) is 5.40. The van der Waals surface area contributed by atoms with E-state index in [1.165, 1.54) is 31.3 Å². The molecule has 0 saturated carbocycles. The molecule has 0 bridgehead atoms. The molecular weight excluding hydrogens is 426 g/mol. The van der Waals surface area contributed by atoms with Gasteiger partial charge in [-0.3, -0.25) is 9.52 Å². The van der Waals surface area contributed by atoms with E-state index in [2.05, 4.69) is 27.6 Å². The SMILES string of the molecule is CCn1c2ccccc2c2cc(NS(=O)(=O)c3ccc(O[C@@H](C)C(=O)NC)cc3)ccc21. The minimum Gasteiger partial charge on any atom is -0.481 e. The maximum Gasteiger partial charge on any atom is 0.261 e. The zero-order chi connectivity index (χ0) is 22.9. The Hall–Kier alpha value is -3.52. The van der Waals surface area contributed by atoms with Crippen molar-refractivity contribution in [3.05, 3.63) is 66.7 Å². The number of likely N-dealkylation sites (N-methyl/N-ethyl adjacent to an activating group) is 1. The van der Waals surface area contributed by atoms with Crippen LogP contribution in [-0.2, 0) is 21.4 Å². The van der Waals surface area contributed by atoms with Gasteiger partial charge in [-0.15, -0.1) is 0 Å². The molecule has 0 aliphatic heterocycles. The van der Waals surface area contributed by atoms with Crippen molar-refractivity contribution in [1.82, 2.24) is 9.88 Å². The second kappa shape index (κ2) is 8.55. The highest BCUT2D eigenvalue weighted by Gasteiger charge is 2.17. The van der Waals surface area contributed by atoms with Crippen LogP contribution in [0, 0.1) is 0 Å². The number of rotatable bonds is 7. The Morgan fingerprint density at radius 2 is 1.69 bits per heavy atom. The van der Waals surface area contributed by atoms with E-state index in [1.54, 1.807) is 13.0 Å². The van der Waals surface area contributed by atoms with E-state index in [1.807, 2.05) is 30.3 Å². The Balaban J connectivity index is 1.60. The smallest absolute Gasteiger partial charge is 0.261 e. The summed E-state index contributed by atoms with van der Waals surface area (Å²) < 4.78 is 36.3. The van der Waals surface area contributed by atoms with Gasteiger partial charge in [0.1, 0.15) is 5.75 Å². The summed E-state index contributed by atoms with van der Waals surface area (Å²) >= 11 is 0. The Kier molecular flexibility index (Phi) is 5.80. The maximum absolute atomic E-state index is 12.9. The average Bonchev–Trinajstić information content (AvgIpc) is 3.11. The number of nitrogens with one attached hydrogen (secondary N) is 2. The highest BCUT2D eigenvalue weighted by molar-refractivity contribution is 7.92. The number of benzene rings is 3. The van der Waals surface area contributed by atoms with Gasteiger partial charge in [-0.1, -0.05) is 18.2 Å². The Morgan fingerprint density at radius 1 is 1.00 bits per heavy atom. The number of sulfonamides is 1. The van der Waals surface area contributed by atoms with Crippen LogP contribution in [0.15, 0.2) is 71.6 Å². The van der Waals surface area contributed by atoms with Crippen molar-refractivity contribution < 1.29 is 17.9 Å². The predicted octanol–water partition coefficient (Wildman–Crippen LogP) is 4.13. The second-order valence-corrected chi connectivity index (χ2v) is 9.13. The molecule has 0 unspecified atom stereocenters. The summed E-state index contributed by atoms with van der Waals surface area (Å²) in [5.74, 6) is 0.150. The first kappa shape index (κ1) is 21.7. The third-order valence-corrected chi connectivity index (χ3v) is 6.80.